The highest BCUT2D eigenvalue weighted by Crippen LogP contribution is 2.31. The van der Waals surface area contributed by atoms with Gasteiger partial charge in [0.05, 0.1) is 11.5 Å². The molecule has 0 unspecified atom stereocenters. The van der Waals surface area contributed by atoms with Gasteiger partial charge < -0.3 is 10.5 Å². The molecular formula is C15H15F3N2O3. The van der Waals surface area contributed by atoms with Crippen LogP contribution in [0.15, 0.2) is 30.0 Å². The van der Waals surface area contributed by atoms with Crippen molar-refractivity contribution in [2.45, 2.75) is 25.9 Å². The molecule has 2 rings (SSSR count). The van der Waals surface area contributed by atoms with Crippen molar-refractivity contribution in [3.63, 3.8) is 0 Å². The fraction of sp³-hybridized carbons (Fsp3) is 0.333. The van der Waals surface area contributed by atoms with E-state index >= 15 is 0 Å². The minimum Gasteiger partial charge on any atom is -0.507 e. The van der Waals surface area contributed by atoms with E-state index in [1.165, 1.54) is 12.1 Å². The van der Waals surface area contributed by atoms with Crippen molar-refractivity contribution in [1.29, 1.82) is 0 Å². The molecule has 1 aliphatic carbocycles. The number of phenols is 1. The van der Waals surface area contributed by atoms with Gasteiger partial charge in [-0.3, -0.25) is 15.0 Å². The third-order valence-corrected chi connectivity index (χ3v) is 3.59. The summed E-state index contributed by atoms with van der Waals surface area (Å²) in [5.41, 5.74) is 5.04. The topological polar surface area (TPSA) is 78.4 Å². The van der Waals surface area contributed by atoms with Gasteiger partial charge in [-0.05, 0) is 31.4 Å². The number of hydrogen-bond donors (Lipinski definition) is 3. The normalized spacial score (nSPS) is 17.6. The molecule has 0 saturated carbocycles. The second-order valence-corrected chi connectivity index (χ2v) is 5.20. The minimum absolute atomic E-state index is 0.00724. The largest absolute Gasteiger partial charge is 0.507 e. The number of alkyl halides is 3. The number of allylic oxidation sites excluding steroid dienone is 2. The number of amides is 1. The van der Waals surface area contributed by atoms with Gasteiger partial charge in [0.15, 0.2) is 0 Å². The number of carbonyl (C=O) groups is 2. The van der Waals surface area contributed by atoms with Gasteiger partial charge in [0.1, 0.15) is 5.75 Å². The van der Waals surface area contributed by atoms with Gasteiger partial charge in [-0.2, -0.15) is 13.2 Å². The van der Waals surface area contributed by atoms with E-state index in [4.69, 9.17) is 0 Å². The second kappa shape index (κ2) is 6.31. The number of rotatable bonds is 4. The van der Waals surface area contributed by atoms with Gasteiger partial charge in [-0.25, -0.2) is 0 Å². The molecule has 1 amide bonds. The van der Waals surface area contributed by atoms with E-state index in [1.807, 2.05) is 0 Å². The number of aromatic hydroxyl groups is 1. The molecule has 0 aliphatic heterocycles. The number of phenolic OH excluding ortho intramolecular Hbond substituents is 1. The number of halogens is 3. The van der Waals surface area contributed by atoms with Gasteiger partial charge in [0.25, 0.3) is 5.91 Å². The molecule has 0 fully saturated rings. The number of aryl methyl sites for hydroxylation is 1. The van der Waals surface area contributed by atoms with Crippen LogP contribution in [-0.4, -0.2) is 23.0 Å². The summed E-state index contributed by atoms with van der Waals surface area (Å²) >= 11 is 0. The molecule has 0 spiro atoms. The number of ketones is 1. The Morgan fingerprint density at radius 1 is 1.30 bits per heavy atom. The Hall–Kier alpha value is -2.51. The Labute approximate surface area is 130 Å². The van der Waals surface area contributed by atoms with Crippen LogP contribution in [0, 0.1) is 12.8 Å². The lowest BCUT2D eigenvalue weighted by atomic mass is 10.0. The first-order chi connectivity index (χ1) is 10.7. The number of hydrogen-bond acceptors (Lipinski definition) is 4. The van der Waals surface area contributed by atoms with Crippen LogP contribution in [0.4, 0.5) is 13.2 Å². The van der Waals surface area contributed by atoms with Crippen LogP contribution in [0.1, 0.15) is 28.8 Å². The summed E-state index contributed by atoms with van der Waals surface area (Å²) in [5, 5.41) is 9.80. The molecule has 0 radical (unpaired) electrons. The molecule has 0 saturated heterocycles. The highest BCUT2D eigenvalue weighted by Gasteiger charge is 2.45. The molecule has 0 bridgehead atoms. The van der Waals surface area contributed by atoms with Gasteiger partial charge >= 0.3 is 6.18 Å². The van der Waals surface area contributed by atoms with Gasteiger partial charge in [0, 0.05) is 5.70 Å². The standard InChI is InChI=1S/C15H15F3N2O3/c1-8-4-2-6-10(12(8)21)14(23)20-19-11-7-3-5-9(11)13(22)15(16,17)18/h2,4,6-7,9,19,21H,3,5H2,1H3,(H,20,23)/t9-/m1/s1. The minimum atomic E-state index is -4.92. The van der Waals surface area contributed by atoms with E-state index in [0.717, 1.165) is 0 Å². The number of para-hydroxylation sites is 1. The van der Waals surface area contributed by atoms with Crippen molar-refractivity contribution < 1.29 is 27.9 Å². The van der Waals surface area contributed by atoms with Gasteiger partial charge in [-0.15, -0.1) is 0 Å². The van der Waals surface area contributed by atoms with Crippen LogP contribution >= 0.6 is 0 Å². The summed E-state index contributed by atoms with van der Waals surface area (Å²) in [5.74, 6) is -4.12. The summed E-state index contributed by atoms with van der Waals surface area (Å²) in [6, 6.07) is 4.55. The van der Waals surface area contributed by atoms with Crippen molar-refractivity contribution in [3.8, 4) is 5.75 Å². The maximum absolute atomic E-state index is 12.5. The summed E-state index contributed by atoms with van der Waals surface area (Å²) in [6.45, 7) is 1.61. The monoisotopic (exact) mass is 328 g/mol. The molecule has 23 heavy (non-hydrogen) atoms. The smallest absolute Gasteiger partial charge is 0.450 e. The van der Waals surface area contributed by atoms with E-state index in [9.17, 15) is 27.9 Å². The zero-order valence-corrected chi connectivity index (χ0v) is 12.2. The Morgan fingerprint density at radius 2 is 2.00 bits per heavy atom. The molecule has 1 aromatic carbocycles. The first kappa shape index (κ1) is 16.9. The van der Waals surface area contributed by atoms with Crippen LogP contribution in [0.3, 0.4) is 0 Å². The van der Waals surface area contributed by atoms with Crippen LogP contribution in [0.25, 0.3) is 0 Å². The van der Waals surface area contributed by atoms with E-state index in [0.29, 0.717) is 12.0 Å². The Morgan fingerprint density at radius 3 is 2.65 bits per heavy atom. The van der Waals surface area contributed by atoms with Crippen LogP contribution in [0.5, 0.6) is 5.75 Å². The Kier molecular flexibility index (Phi) is 4.63. The third kappa shape index (κ3) is 3.64. The molecule has 0 aromatic heterocycles. The molecule has 8 heteroatoms. The highest BCUT2D eigenvalue weighted by molar-refractivity contribution is 5.97. The maximum atomic E-state index is 12.5. The number of Topliss-reactive ketones (excluding diaryl/α,β-unsaturated/α-hetero) is 1. The van der Waals surface area contributed by atoms with Crippen LogP contribution in [0.2, 0.25) is 0 Å². The SMILES string of the molecule is Cc1cccc(C(=O)NNC2=CCC[C@H]2C(=O)C(F)(F)F)c1O. The zero-order chi connectivity index (χ0) is 17.2. The second-order valence-electron chi connectivity index (χ2n) is 5.20. The number of hydrazine groups is 1. The van der Waals surface area contributed by atoms with E-state index in [-0.39, 0.29) is 23.4 Å². The van der Waals surface area contributed by atoms with Crippen molar-refractivity contribution >= 4 is 11.7 Å². The summed E-state index contributed by atoms with van der Waals surface area (Å²) in [4.78, 5) is 23.3. The molecule has 0 heterocycles. The molecule has 1 atom stereocenters. The Bertz CT molecular complexity index is 668. The van der Waals surface area contributed by atoms with E-state index in [2.05, 4.69) is 10.9 Å². The first-order valence-corrected chi connectivity index (χ1v) is 6.88. The lowest BCUT2D eigenvalue weighted by Gasteiger charge is -2.18. The fourth-order valence-electron chi connectivity index (χ4n) is 2.35. The molecule has 1 aromatic rings. The van der Waals surface area contributed by atoms with Gasteiger partial charge in [-0.1, -0.05) is 18.2 Å². The van der Waals surface area contributed by atoms with Crippen molar-refractivity contribution in [2.75, 3.05) is 0 Å². The van der Waals surface area contributed by atoms with E-state index in [1.54, 1.807) is 19.1 Å². The number of benzene rings is 1. The average Bonchev–Trinajstić information content (AvgIpc) is 2.94. The molecule has 3 N–H and O–H groups in total. The summed E-state index contributed by atoms with van der Waals surface area (Å²) in [7, 11) is 0. The molecule has 5 nitrogen and oxygen atoms in total. The maximum Gasteiger partial charge on any atom is 0.450 e. The van der Waals surface area contributed by atoms with Crippen molar-refractivity contribution in [3.05, 3.63) is 41.1 Å². The average molecular weight is 328 g/mol. The quantitative estimate of drug-likeness (QED) is 0.742. The lowest BCUT2D eigenvalue weighted by molar-refractivity contribution is -0.174. The summed E-state index contributed by atoms with van der Waals surface area (Å²) in [6.07, 6.45) is -3.15. The summed E-state index contributed by atoms with van der Waals surface area (Å²) < 4.78 is 37.5. The Balaban J connectivity index is 2.04. The van der Waals surface area contributed by atoms with Crippen molar-refractivity contribution in [2.24, 2.45) is 5.92 Å². The van der Waals surface area contributed by atoms with Crippen LogP contribution < -0.4 is 10.9 Å². The molecule has 124 valence electrons. The number of nitrogens with one attached hydrogen (secondary N) is 2. The molecular weight excluding hydrogens is 313 g/mol. The predicted octanol–water partition coefficient (Wildman–Crippen LogP) is 2.36. The lowest BCUT2D eigenvalue weighted by Crippen LogP contribution is -2.41. The van der Waals surface area contributed by atoms with Gasteiger partial charge in [0.2, 0.25) is 5.78 Å². The van der Waals surface area contributed by atoms with E-state index < -0.39 is 23.8 Å². The van der Waals surface area contributed by atoms with Crippen LogP contribution in [-0.2, 0) is 4.79 Å². The third-order valence-electron chi connectivity index (χ3n) is 3.59. The predicted molar refractivity (Wildman–Crippen MR) is 75.3 cm³/mol. The fourth-order valence-corrected chi connectivity index (χ4v) is 2.35. The zero-order valence-electron chi connectivity index (χ0n) is 12.2. The first-order valence-electron chi connectivity index (χ1n) is 6.88. The molecule has 1 aliphatic rings. The highest BCUT2D eigenvalue weighted by atomic mass is 19.4. The van der Waals surface area contributed by atoms with Crippen molar-refractivity contribution in [1.82, 2.24) is 10.9 Å². The number of carbonyl (C=O) groups excluding carboxylic acids is 2.